The topological polar surface area (TPSA) is 72.7 Å². The number of anilines is 1. The maximum Gasteiger partial charge on any atom is 0.257 e. The van der Waals surface area contributed by atoms with Gasteiger partial charge in [0.2, 0.25) is 0 Å². The molecule has 1 aliphatic rings. The first-order chi connectivity index (χ1) is 11.5. The van der Waals surface area contributed by atoms with Crippen LogP contribution in [0.5, 0.6) is 0 Å². The van der Waals surface area contributed by atoms with E-state index in [0.717, 1.165) is 18.5 Å². The van der Waals surface area contributed by atoms with Crippen molar-refractivity contribution in [3.63, 3.8) is 0 Å². The fourth-order valence-corrected chi connectivity index (χ4v) is 3.02. The SMILES string of the molecule is Cn1ncc2c(C(=O)Nc3ncc(Cl)cc3Cl)cc(C3CC3)nc21. The van der Waals surface area contributed by atoms with E-state index < -0.39 is 0 Å². The summed E-state index contributed by atoms with van der Waals surface area (Å²) in [5.41, 5.74) is 2.13. The number of amides is 1. The van der Waals surface area contributed by atoms with Crippen LogP contribution in [-0.4, -0.2) is 25.7 Å². The highest BCUT2D eigenvalue weighted by molar-refractivity contribution is 6.36. The molecule has 0 unspecified atom stereocenters. The fourth-order valence-electron chi connectivity index (χ4n) is 2.59. The molecule has 1 N–H and O–H groups in total. The third-order valence-electron chi connectivity index (χ3n) is 4.00. The molecule has 122 valence electrons. The van der Waals surface area contributed by atoms with E-state index in [9.17, 15) is 4.79 Å². The summed E-state index contributed by atoms with van der Waals surface area (Å²) in [7, 11) is 1.81. The van der Waals surface area contributed by atoms with Gasteiger partial charge in [0.15, 0.2) is 11.5 Å². The molecule has 3 aromatic rings. The molecule has 0 bridgehead atoms. The number of rotatable bonds is 3. The number of carbonyl (C=O) groups excluding carboxylic acids is 1. The zero-order valence-corrected chi connectivity index (χ0v) is 14.3. The highest BCUT2D eigenvalue weighted by Gasteiger charge is 2.28. The molecule has 0 radical (unpaired) electrons. The van der Waals surface area contributed by atoms with Gasteiger partial charge in [-0.3, -0.25) is 9.48 Å². The number of hydrogen-bond donors (Lipinski definition) is 1. The van der Waals surface area contributed by atoms with Crippen LogP contribution in [-0.2, 0) is 7.05 Å². The van der Waals surface area contributed by atoms with Crippen molar-refractivity contribution in [2.45, 2.75) is 18.8 Å². The molecule has 8 heteroatoms. The van der Waals surface area contributed by atoms with Crippen molar-refractivity contribution in [1.82, 2.24) is 19.7 Å². The zero-order chi connectivity index (χ0) is 16.8. The van der Waals surface area contributed by atoms with Crippen molar-refractivity contribution in [2.24, 2.45) is 7.05 Å². The Morgan fingerprint density at radius 2 is 2.08 bits per heavy atom. The summed E-state index contributed by atoms with van der Waals surface area (Å²) in [6.07, 6.45) is 5.28. The number of nitrogens with one attached hydrogen (secondary N) is 1. The predicted molar refractivity (Wildman–Crippen MR) is 92.7 cm³/mol. The van der Waals surface area contributed by atoms with Crippen LogP contribution in [0.25, 0.3) is 11.0 Å². The van der Waals surface area contributed by atoms with E-state index in [1.54, 1.807) is 10.9 Å². The average molecular weight is 362 g/mol. The number of nitrogens with zero attached hydrogens (tertiary/aromatic N) is 4. The van der Waals surface area contributed by atoms with Crippen LogP contribution in [0.2, 0.25) is 10.0 Å². The Bertz CT molecular complexity index is 965. The van der Waals surface area contributed by atoms with E-state index in [0.29, 0.717) is 27.5 Å². The molecule has 1 aliphatic carbocycles. The van der Waals surface area contributed by atoms with Crippen LogP contribution >= 0.6 is 23.2 Å². The highest BCUT2D eigenvalue weighted by Crippen LogP contribution is 2.40. The lowest BCUT2D eigenvalue weighted by molar-refractivity contribution is 0.102. The Morgan fingerprint density at radius 1 is 1.29 bits per heavy atom. The lowest BCUT2D eigenvalue weighted by atomic mass is 10.1. The van der Waals surface area contributed by atoms with Crippen molar-refractivity contribution in [2.75, 3.05) is 5.32 Å². The van der Waals surface area contributed by atoms with Crippen LogP contribution in [0.15, 0.2) is 24.5 Å². The molecule has 1 amide bonds. The van der Waals surface area contributed by atoms with E-state index in [-0.39, 0.29) is 16.7 Å². The molecule has 0 aromatic carbocycles. The van der Waals surface area contributed by atoms with Gasteiger partial charge in [-0.25, -0.2) is 9.97 Å². The van der Waals surface area contributed by atoms with Gasteiger partial charge in [0.25, 0.3) is 5.91 Å². The molecule has 0 spiro atoms. The molecular formula is C16H13Cl2N5O. The molecule has 3 heterocycles. The van der Waals surface area contributed by atoms with Crippen molar-refractivity contribution in [1.29, 1.82) is 0 Å². The summed E-state index contributed by atoms with van der Waals surface area (Å²) >= 11 is 11.9. The second kappa shape index (κ2) is 5.72. The van der Waals surface area contributed by atoms with Crippen LogP contribution in [0.1, 0.15) is 34.8 Å². The Hall–Kier alpha value is -2.18. The predicted octanol–water partition coefficient (Wildman–Crippen LogP) is 3.80. The summed E-state index contributed by atoms with van der Waals surface area (Å²) in [6.45, 7) is 0. The van der Waals surface area contributed by atoms with Crippen molar-refractivity contribution in [3.05, 3.63) is 45.8 Å². The minimum atomic E-state index is -0.297. The minimum Gasteiger partial charge on any atom is -0.305 e. The Morgan fingerprint density at radius 3 is 2.79 bits per heavy atom. The third kappa shape index (κ3) is 2.72. The summed E-state index contributed by atoms with van der Waals surface area (Å²) in [5.74, 6) is 0.398. The van der Waals surface area contributed by atoms with Gasteiger partial charge in [-0.05, 0) is 25.0 Å². The monoisotopic (exact) mass is 361 g/mol. The highest BCUT2D eigenvalue weighted by atomic mass is 35.5. The van der Waals surface area contributed by atoms with Gasteiger partial charge in [-0.15, -0.1) is 0 Å². The molecule has 0 atom stereocenters. The van der Waals surface area contributed by atoms with E-state index in [1.165, 1.54) is 12.3 Å². The number of carbonyl (C=O) groups is 1. The smallest absolute Gasteiger partial charge is 0.257 e. The number of aromatic nitrogens is 4. The first-order valence-corrected chi connectivity index (χ1v) is 8.23. The molecule has 1 fully saturated rings. The third-order valence-corrected chi connectivity index (χ3v) is 4.50. The lowest BCUT2D eigenvalue weighted by Crippen LogP contribution is -2.14. The van der Waals surface area contributed by atoms with Gasteiger partial charge in [0, 0.05) is 24.9 Å². The Balaban J connectivity index is 1.75. The lowest BCUT2D eigenvalue weighted by Gasteiger charge is -2.09. The zero-order valence-electron chi connectivity index (χ0n) is 12.8. The van der Waals surface area contributed by atoms with E-state index in [4.69, 9.17) is 23.2 Å². The molecule has 6 nitrogen and oxygen atoms in total. The van der Waals surface area contributed by atoms with Gasteiger partial charge in [0.05, 0.1) is 27.2 Å². The van der Waals surface area contributed by atoms with Crippen LogP contribution in [0.4, 0.5) is 5.82 Å². The van der Waals surface area contributed by atoms with E-state index in [1.807, 2.05) is 13.1 Å². The molecule has 0 aliphatic heterocycles. The Kier molecular flexibility index (Phi) is 3.66. The van der Waals surface area contributed by atoms with E-state index in [2.05, 4.69) is 20.4 Å². The van der Waals surface area contributed by atoms with Gasteiger partial charge < -0.3 is 5.32 Å². The average Bonchev–Trinajstić information content (AvgIpc) is 3.34. The second-order valence-electron chi connectivity index (χ2n) is 5.81. The van der Waals surface area contributed by atoms with Gasteiger partial charge in [-0.1, -0.05) is 23.2 Å². The summed E-state index contributed by atoms with van der Waals surface area (Å²) in [6, 6.07) is 3.37. The second-order valence-corrected chi connectivity index (χ2v) is 6.66. The number of fused-ring (bicyclic) bond motifs is 1. The molecule has 3 aromatic heterocycles. The van der Waals surface area contributed by atoms with Crippen molar-refractivity contribution < 1.29 is 4.79 Å². The summed E-state index contributed by atoms with van der Waals surface area (Å²) in [4.78, 5) is 21.5. The first-order valence-electron chi connectivity index (χ1n) is 7.48. The van der Waals surface area contributed by atoms with Crippen LogP contribution in [0.3, 0.4) is 0 Å². The largest absolute Gasteiger partial charge is 0.305 e. The number of hydrogen-bond acceptors (Lipinski definition) is 4. The standard InChI is InChI=1S/C16H13Cl2N5O/c1-23-15-11(7-20-23)10(5-13(21-15)8-2-3-8)16(24)22-14-12(18)4-9(17)6-19-14/h4-8H,2-3H2,1H3,(H,19,22,24). The summed E-state index contributed by atoms with van der Waals surface area (Å²) < 4.78 is 1.67. The summed E-state index contributed by atoms with van der Waals surface area (Å²) in [5, 5.41) is 8.34. The number of halogens is 2. The molecular weight excluding hydrogens is 349 g/mol. The van der Waals surface area contributed by atoms with Crippen LogP contribution < -0.4 is 5.32 Å². The molecule has 4 rings (SSSR count). The van der Waals surface area contributed by atoms with Crippen LogP contribution in [0, 0.1) is 0 Å². The number of aryl methyl sites for hydroxylation is 1. The molecule has 1 saturated carbocycles. The maximum atomic E-state index is 12.8. The minimum absolute atomic E-state index is 0.271. The van der Waals surface area contributed by atoms with Gasteiger partial charge >= 0.3 is 0 Å². The quantitative estimate of drug-likeness (QED) is 0.769. The molecule has 0 saturated heterocycles. The normalized spacial score (nSPS) is 14.1. The maximum absolute atomic E-state index is 12.8. The van der Waals surface area contributed by atoms with E-state index >= 15 is 0 Å². The van der Waals surface area contributed by atoms with Crippen molar-refractivity contribution in [3.8, 4) is 0 Å². The van der Waals surface area contributed by atoms with Gasteiger partial charge in [-0.2, -0.15) is 5.10 Å². The fraction of sp³-hybridized carbons (Fsp3) is 0.250. The Labute approximate surface area is 147 Å². The number of pyridine rings is 2. The van der Waals surface area contributed by atoms with Gasteiger partial charge in [0.1, 0.15) is 0 Å². The molecule has 24 heavy (non-hydrogen) atoms. The van der Waals surface area contributed by atoms with Crippen molar-refractivity contribution >= 4 is 46.0 Å². The first kappa shape index (κ1) is 15.4.